The van der Waals surface area contributed by atoms with E-state index < -0.39 is 5.91 Å². The minimum Gasteiger partial charge on any atom is -0.451 e. The third-order valence-electron chi connectivity index (χ3n) is 3.56. The fourth-order valence-electron chi connectivity index (χ4n) is 2.29. The second kappa shape index (κ2) is 8.08. The molecule has 0 aliphatic heterocycles. The van der Waals surface area contributed by atoms with E-state index in [1.807, 2.05) is 6.07 Å². The maximum atomic E-state index is 12.1. The Balaban J connectivity index is 1.58. The Kier molecular flexibility index (Phi) is 5.61. The predicted octanol–water partition coefficient (Wildman–Crippen LogP) is 4.26. The van der Waals surface area contributed by atoms with Crippen molar-refractivity contribution in [3.05, 3.63) is 82.0 Å². The molecule has 0 aliphatic rings. The summed E-state index contributed by atoms with van der Waals surface area (Å²) in [6.07, 6.45) is 0.112. The van der Waals surface area contributed by atoms with Crippen molar-refractivity contribution in [3.8, 4) is 11.3 Å². The van der Waals surface area contributed by atoms with Gasteiger partial charge in [-0.05, 0) is 42.0 Å². The van der Waals surface area contributed by atoms with Crippen molar-refractivity contribution >= 4 is 35.0 Å². The van der Waals surface area contributed by atoms with Crippen molar-refractivity contribution in [1.29, 1.82) is 0 Å². The lowest BCUT2D eigenvalue weighted by Gasteiger charge is -2.06. The Hall–Kier alpha value is -2.76. The lowest BCUT2D eigenvalue weighted by molar-refractivity contribution is -0.121. The number of hydrogen-bond acceptors (Lipinski definition) is 3. The molecule has 0 bridgehead atoms. The third-order valence-corrected chi connectivity index (χ3v) is 4.14. The SMILES string of the molecule is O=C(Cc1ccc(Cl)cc1)NNC(=O)c1ccc(-c2ccccc2Cl)o1. The molecule has 0 radical (unpaired) electrons. The number of hydrogen-bond donors (Lipinski definition) is 2. The Labute approximate surface area is 159 Å². The van der Waals surface area contributed by atoms with Gasteiger partial charge in [0.15, 0.2) is 5.76 Å². The number of amides is 2. The van der Waals surface area contributed by atoms with E-state index in [4.69, 9.17) is 27.6 Å². The molecule has 0 atom stereocenters. The smallest absolute Gasteiger partial charge is 0.305 e. The molecule has 1 heterocycles. The number of halogens is 2. The number of rotatable bonds is 4. The fraction of sp³-hybridized carbons (Fsp3) is 0.0526. The topological polar surface area (TPSA) is 71.3 Å². The van der Waals surface area contributed by atoms with Gasteiger partial charge in [0, 0.05) is 10.6 Å². The molecule has 7 heteroatoms. The van der Waals surface area contributed by atoms with Crippen molar-refractivity contribution in [2.75, 3.05) is 0 Å². The maximum absolute atomic E-state index is 12.1. The summed E-state index contributed by atoms with van der Waals surface area (Å²) in [5, 5.41) is 1.11. The van der Waals surface area contributed by atoms with Crippen LogP contribution in [0, 0.1) is 0 Å². The molecule has 0 saturated carbocycles. The van der Waals surface area contributed by atoms with Crippen LogP contribution in [-0.2, 0) is 11.2 Å². The molecule has 132 valence electrons. The molecule has 2 amide bonds. The number of nitrogens with one attached hydrogen (secondary N) is 2. The molecule has 1 aromatic heterocycles. The molecule has 3 rings (SSSR count). The van der Waals surface area contributed by atoms with Crippen molar-refractivity contribution in [2.45, 2.75) is 6.42 Å². The van der Waals surface area contributed by atoms with Crippen molar-refractivity contribution in [3.63, 3.8) is 0 Å². The minimum atomic E-state index is -0.562. The van der Waals surface area contributed by atoms with Gasteiger partial charge in [-0.3, -0.25) is 20.4 Å². The van der Waals surface area contributed by atoms with Gasteiger partial charge in [0.2, 0.25) is 5.91 Å². The molecule has 2 aromatic carbocycles. The van der Waals surface area contributed by atoms with E-state index in [1.165, 1.54) is 6.07 Å². The monoisotopic (exact) mass is 388 g/mol. The molecule has 3 aromatic rings. The lowest BCUT2D eigenvalue weighted by atomic mass is 10.1. The van der Waals surface area contributed by atoms with Gasteiger partial charge in [-0.2, -0.15) is 0 Å². The van der Waals surface area contributed by atoms with Gasteiger partial charge in [-0.25, -0.2) is 0 Å². The van der Waals surface area contributed by atoms with Crippen molar-refractivity contribution < 1.29 is 14.0 Å². The number of furan rings is 1. The number of benzene rings is 2. The molecular formula is C19H14Cl2N2O3. The van der Waals surface area contributed by atoms with Crippen molar-refractivity contribution in [1.82, 2.24) is 10.9 Å². The van der Waals surface area contributed by atoms with E-state index in [0.29, 0.717) is 21.4 Å². The van der Waals surface area contributed by atoms with Gasteiger partial charge in [-0.1, -0.05) is 47.5 Å². The first kappa shape index (κ1) is 18.0. The standard InChI is InChI=1S/C19H14Cl2N2O3/c20-13-7-5-12(6-8-13)11-18(24)22-23-19(25)17-10-9-16(26-17)14-3-1-2-4-15(14)21/h1-10H,11H2,(H,22,24)(H,23,25). The van der Waals surface area contributed by atoms with E-state index in [0.717, 1.165) is 5.56 Å². The zero-order chi connectivity index (χ0) is 18.5. The van der Waals surface area contributed by atoms with Crippen molar-refractivity contribution in [2.24, 2.45) is 0 Å². The summed E-state index contributed by atoms with van der Waals surface area (Å²) >= 11 is 11.9. The van der Waals surface area contributed by atoms with Gasteiger partial charge in [-0.15, -0.1) is 0 Å². The zero-order valence-electron chi connectivity index (χ0n) is 13.5. The highest BCUT2D eigenvalue weighted by Gasteiger charge is 2.14. The van der Waals surface area contributed by atoms with Crippen LogP contribution in [0.15, 0.2) is 65.1 Å². The summed E-state index contributed by atoms with van der Waals surface area (Å²) in [5.74, 6) is -0.397. The quantitative estimate of drug-likeness (QED) is 0.655. The first-order valence-electron chi connectivity index (χ1n) is 7.71. The number of carbonyl (C=O) groups excluding carboxylic acids is 2. The fourth-order valence-corrected chi connectivity index (χ4v) is 2.64. The van der Waals surface area contributed by atoms with Crippen LogP contribution in [0.1, 0.15) is 16.1 Å². The first-order valence-corrected chi connectivity index (χ1v) is 8.47. The molecule has 0 saturated heterocycles. The van der Waals surface area contributed by atoms with Crippen LogP contribution in [0.3, 0.4) is 0 Å². The van der Waals surface area contributed by atoms with E-state index in [9.17, 15) is 9.59 Å². The highest BCUT2D eigenvalue weighted by atomic mass is 35.5. The molecular weight excluding hydrogens is 375 g/mol. The second-order valence-corrected chi connectivity index (χ2v) is 6.29. The minimum absolute atomic E-state index is 0.0618. The van der Waals surface area contributed by atoms with E-state index in [2.05, 4.69) is 10.9 Å². The van der Waals surface area contributed by atoms with Gasteiger partial charge in [0.05, 0.1) is 11.4 Å². The van der Waals surface area contributed by atoms with Gasteiger partial charge >= 0.3 is 5.91 Å². The van der Waals surface area contributed by atoms with Gasteiger partial charge < -0.3 is 4.42 Å². The van der Waals surface area contributed by atoms with Crippen LogP contribution in [0.2, 0.25) is 10.0 Å². The Morgan fingerprint density at radius 3 is 2.35 bits per heavy atom. The number of carbonyl (C=O) groups is 2. The van der Waals surface area contributed by atoms with Crippen LogP contribution >= 0.6 is 23.2 Å². The molecule has 0 fully saturated rings. The summed E-state index contributed by atoms with van der Waals surface area (Å²) in [4.78, 5) is 24.0. The van der Waals surface area contributed by atoms with Crippen LogP contribution in [0.5, 0.6) is 0 Å². The largest absolute Gasteiger partial charge is 0.451 e. The molecule has 5 nitrogen and oxygen atoms in total. The summed E-state index contributed by atoms with van der Waals surface area (Å²) in [6, 6.07) is 17.2. The molecule has 2 N–H and O–H groups in total. The Bertz CT molecular complexity index is 936. The summed E-state index contributed by atoms with van der Waals surface area (Å²) in [7, 11) is 0. The third kappa shape index (κ3) is 4.45. The molecule has 0 unspecified atom stereocenters. The van der Waals surface area contributed by atoms with Crippen LogP contribution < -0.4 is 10.9 Å². The van der Waals surface area contributed by atoms with Crippen LogP contribution in [0.25, 0.3) is 11.3 Å². The predicted molar refractivity (Wildman–Crippen MR) is 99.9 cm³/mol. The average molecular weight is 389 g/mol. The summed E-state index contributed by atoms with van der Waals surface area (Å²) in [6.45, 7) is 0. The molecule has 0 spiro atoms. The Morgan fingerprint density at radius 2 is 1.62 bits per heavy atom. The molecule has 26 heavy (non-hydrogen) atoms. The molecule has 0 aliphatic carbocycles. The highest BCUT2D eigenvalue weighted by Crippen LogP contribution is 2.28. The number of hydrazine groups is 1. The second-order valence-electron chi connectivity index (χ2n) is 5.45. The van der Waals surface area contributed by atoms with Crippen LogP contribution in [0.4, 0.5) is 0 Å². The normalized spacial score (nSPS) is 10.4. The van der Waals surface area contributed by atoms with E-state index in [1.54, 1.807) is 48.5 Å². The van der Waals surface area contributed by atoms with E-state index >= 15 is 0 Å². The summed E-state index contributed by atoms with van der Waals surface area (Å²) < 4.78 is 5.51. The average Bonchev–Trinajstić information content (AvgIpc) is 3.12. The maximum Gasteiger partial charge on any atom is 0.305 e. The highest BCUT2D eigenvalue weighted by molar-refractivity contribution is 6.33. The van der Waals surface area contributed by atoms with Crippen LogP contribution in [-0.4, -0.2) is 11.8 Å². The Morgan fingerprint density at radius 1 is 0.885 bits per heavy atom. The van der Waals surface area contributed by atoms with E-state index in [-0.39, 0.29) is 18.1 Å². The van der Waals surface area contributed by atoms with Gasteiger partial charge in [0.1, 0.15) is 5.76 Å². The first-order chi connectivity index (χ1) is 12.5. The van der Waals surface area contributed by atoms with Gasteiger partial charge in [0.25, 0.3) is 0 Å². The summed E-state index contributed by atoms with van der Waals surface area (Å²) in [5.41, 5.74) is 6.12. The lowest BCUT2D eigenvalue weighted by Crippen LogP contribution is -2.42. The zero-order valence-corrected chi connectivity index (χ0v) is 15.0.